The molecule has 31 heavy (non-hydrogen) atoms. The van der Waals surface area contributed by atoms with Crippen LogP contribution in [0.3, 0.4) is 0 Å². The van der Waals surface area contributed by atoms with Crippen LogP contribution in [0.5, 0.6) is 11.5 Å². The van der Waals surface area contributed by atoms with Crippen LogP contribution in [0.25, 0.3) is 11.4 Å². The van der Waals surface area contributed by atoms with E-state index in [1.165, 1.54) is 0 Å². The lowest BCUT2D eigenvalue weighted by atomic mass is 9.97. The summed E-state index contributed by atoms with van der Waals surface area (Å²) >= 11 is 6.15. The molecule has 9 heteroatoms. The minimum absolute atomic E-state index is 0.0687. The van der Waals surface area contributed by atoms with Crippen molar-refractivity contribution >= 4 is 29.2 Å². The third-order valence-electron chi connectivity index (χ3n) is 5.25. The number of amides is 1. The molecule has 1 aromatic heterocycles. The number of piperidine rings is 1. The second-order valence-electron chi connectivity index (χ2n) is 7.25. The Kier molecular flexibility index (Phi) is 6.27. The number of methoxy groups -OCH3 is 2. The summed E-state index contributed by atoms with van der Waals surface area (Å²) in [6.45, 7) is 1.25. The Morgan fingerprint density at radius 3 is 2.71 bits per heavy atom. The van der Waals surface area contributed by atoms with E-state index in [0.29, 0.717) is 34.8 Å². The fourth-order valence-corrected chi connectivity index (χ4v) is 3.81. The molecule has 0 saturated carbocycles. The van der Waals surface area contributed by atoms with Crippen molar-refractivity contribution in [3.8, 4) is 22.9 Å². The van der Waals surface area contributed by atoms with Gasteiger partial charge in [-0.05, 0) is 55.3 Å². The molecule has 1 aliphatic heterocycles. The van der Waals surface area contributed by atoms with Gasteiger partial charge in [-0.1, -0.05) is 16.8 Å². The molecule has 1 fully saturated rings. The highest BCUT2D eigenvalue weighted by Crippen LogP contribution is 2.29. The molecule has 2 aromatic carbocycles. The normalized spacial score (nSPS) is 16.1. The molecule has 0 bridgehead atoms. The summed E-state index contributed by atoms with van der Waals surface area (Å²) in [5, 5.41) is 7.47. The molecule has 1 atom stereocenters. The highest BCUT2D eigenvalue weighted by Gasteiger charge is 2.29. The van der Waals surface area contributed by atoms with Crippen LogP contribution < -0.4 is 19.7 Å². The zero-order chi connectivity index (χ0) is 21.8. The number of halogens is 1. The fraction of sp³-hybridized carbons (Fsp3) is 0.318. The van der Waals surface area contributed by atoms with Crippen LogP contribution >= 0.6 is 11.6 Å². The predicted molar refractivity (Wildman–Crippen MR) is 118 cm³/mol. The van der Waals surface area contributed by atoms with Crippen LogP contribution in [0.1, 0.15) is 12.8 Å². The minimum Gasteiger partial charge on any atom is -0.497 e. The molecule has 0 radical (unpaired) electrons. The lowest BCUT2D eigenvalue weighted by Gasteiger charge is -2.30. The Morgan fingerprint density at radius 1 is 1.19 bits per heavy atom. The zero-order valence-corrected chi connectivity index (χ0v) is 18.1. The number of benzene rings is 2. The number of carbonyl (C=O) groups is 1. The molecule has 2 heterocycles. The maximum atomic E-state index is 12.8. The summed E-state index contributed by atoms with van der Waals surface area (Å²) in [4.78, 5) is 19.3. The summed E-state index contributed by atoms with van der Waals surface area (Å²) in [6, 6.07) is 13.0. The van der Waals surface area contributed by atoms with Crippen LogP contribution in [0.2, 0.25) is 5.02 Å². The van der Waals surface area contributed by atoms with Crippen LogP contribution in [0, 0.1) is 5.92 Å². The molecule has 0 aliphatic carbocycles. The Balaban J connectivity index is 1.41. The summed E-state index contributed by atoms with van der Waals surface area (Å²) in [5.41, 5.74) is 1.46. The van der Waals surface area contributed by atoms with Crippen molar-refractivity contribution in [2.45, 2.75) is 12.8 Å². The number of hydrogen-bond donors (Lipinski definition) is 1. The van der Waals surface area contributed by atoms with Gasteiger partial charge in [0.15, 0.2) is 0 Å². The fourth-order valence-electron chi connectivity index (χ4n) is 3.55. The molecule has 4 rings (SSSR count). The molecule has 3 aromatic rings. The van der Waals surface area contributed by atoms with Crippen molar-refractivity contribution in [3.63, 3.8) is 0 Å². The van der Waals surface area contributed by atoms with Gasteiger partial charge >= 0.3 is 6.01 Å². The zero-order valence-electron chi connectivity index (χ0n) is 17.3. The molecule has 0 spiro atoms. The number of anilines is 2. The van der Waals surface area contributed by atoms with E-state index in [1.807, 2.05) is 29.2 Å². The van der Waals surface area contributed by atoms with E-state index in [0.717, 1.165) is 30.7 Å². The summed E-state index contributed by atoms with van der Waals surface area (Å²) in [5.74, 6) is 1.55. The summed E-state index contributed by atoms with van der Waals surface area (Å²) < 4.78 is 15.8. The predicted octanol–water partition coefficient (Wildman–Crippen LogP) is 4.26. The topological polar surface area (TPSA) is 89.7 Å². The second-order valence-corrected chi connectivity index (χ2v) is 7.66. The number of rotatable bonds is 6. The van der Waals surface area contributed by atoms with Gasteiger partial charge in [0.1, 0.15) is 11.5 Å². The summed E-state index contributed by atoms with van der Waals surface area (Å²) in [7, 11) is 3.17. The van der Waals surface area contributed by atoms with Crippen molar-refractivity contribution in [3.05, 3.63) is 47.5 Å². The molecule has 1 aliphatic rings. The van der Waals surface area contributed by atoms with E-state index in [2.05, 4.69) is 15.5 Å². The lowest BCUT2D eigenvalue weighted by molar-refractivity contribution is -0.120. The average Bonchev–Trinajstić information content (AvgIpc) is 3.30. The van der Waals surface area contributed by atoms with Crippen LogP contribution in [-0.2, 0) is 4.79 Å². The average molecular weight is 443 g/mol. The molecule has 1 N–H and O–H groups in total. The monoisotopic (exact) mass is 442 g/mol. The lowest BCUT2D eigenvalue weighted by Crippen LogP contribution is -2.41. The molecule has 8 nitrogen and oxygen atoms in total. The Morgan fingerprint density at radius 2 is 2.00 bits per heavy atom. The van der Waals surface area contributed by atoms with E-state index < -0.39 is 0 Å². The van der Waals surface area contributed by atoms with Gasteiger partial charge in [-0.25, -0.2) is 0 Å². The minimum atomic E-state index is -0.203. The molecule has 1 amide bonds. The van der Waals surface area contributed by atoms with E-state index in [4.69, 9.17) is 25.6 Å². The van der Waals surface area contributed by atoms with E-state index in [9.17, 15) is 4.79 Å². The van der Waals surface area contributed by atoms with E-state index >= 15 is 0 Å². The number of aromatic nitrogens is 2. The van der Waals surface area contributed by atoms with Crippen molar-refractivity contribution in [2.75, 3.05) is 37.5 Å². The third kappa shape index (κ3) is 4.74. The first-order valence-electron chi connectivity index (χ1n) is 9.95. The largest absolute Gasteiger partial charge is 0.497 e. The van der Waals surface area contributed by atoms with Crippen LogP contribution in [0.4, 0.5) is 11.7 Å². The van der Waals surface area contributed by atoms with Crippen molar-refractivity contribution in [1.82, 2.24) is 10.1 Å². The van der Waals surface area contributed by atoms with Gasteiger partial charge in [-0.3, -0.25) is 4.79 Å². The number of hydrogen-bond acceptors (Lipinski definition) is 7. The number of carbonyl (C=O) groups excluding carboxylic acids is 1. The molecular formula is C22H23ClN4O4. The molecule has 0 unspecified atom stereocenters. The summed E-state index contributed by atoms with van der Waals surface area (Å²) in [6.07, 6.45) is 1.63. The maximum absolute atomic E-state index is 12.8. The first-order valence-corrected chi connectivity index (χ1v) is 10.3. The molecule has 162 valence electrons. The van der Waals surface area contributed by atoms with Gasteiger partial charge in [0.2, 0.25) is 11.7 Å². The molecular weight excluding hydrogens is 420 g/mol. The Bertz CT molecular complexity index is 1050. The highest BCUT2D eigenvalue weighted by molar-refractivity contribution is 6.32. The number of nitrogens with zero attached hydrogens (tertiary/aromatic N) is 3. The van der Waals surface area contributed by atoms with Crippen molar-refractivity contribution in [2.24, 2.45) is 5.92 Å². The highest BCUT2D eigenvalue weighted by atomic mass is 35.5. The quantitative estimate of drug-likeness (QED) is 0.609. The number of ether oxygens (including phenoxy) is 2. The van der Waals surface area contributed by atoms with Crippen molar-refractivity contribution in [1.29, 1.82) is 0 Å². The van der Waals surface area contributed by atoms with Gasteiger partial charge in [0, 0.05) is 24.3 Å². The first-order chi connectivity index (χ1) is 15.1. The van der Waals surface area contributed by atoms with E-state index in [-0.39, 0.29) is 11.8 Å². The van der Waals surface area contributed by atoms with Crippen LogP contribution in [0.15, 0.2) is 47.0 Å². The van der Waals surface area contributed by atoms with Gasteiger partial charge in [0.25, 0.3) is 0 Å². The third-order valence-corrected chi connectivity index (χ3v) is 5.54. The van der Waals surface area contributed by atoms with E-state index in [1.54, 1.807) is 32.4 Å². The van der Waals surface area contributed by atoms with Crippen molar-refractivity contribution < 1.29 is 18.8 Å². The smallest absolute Gasteiger partial charge is 0.324 e. The van der Waals surface area contributed by atoms with Gasteiger partial charge in [-0.15, -0.1) is 0 Å². The Labute approximate surface area is 185 Å². The standard InChI is InChI=1S/C22H23ClN4O4/c1-29-17-8-5-14(6-9-17)20-25-22(31-26-20)27-11-3-4-15(13-27)21(28)24-16-7-10-19(30-2)18(23)12-16/h5-10,12,15H,3-4,11,13H2,1-2H3,(H,24,28)/t15-/m0/s1. The second kappa shape index (κ2) is 9.26. The first kappa shape index (κ1) is 21.0. The Hall–Kier alpha value is -3.26. The van der Waals surface area contributed by atoms with Gasteiger partial charge < -0.3 is 24.2 Å². The SMILES string of the molecule is COc1ccc(-c2noc(N3CCC[C@H](C(=O)Nc4ccc(OC)c(Cl)c4)C3)n2)cc1. The van der Waals surface area contributed by atoms with Gasteiger partial charge in [-0.2, -0.15) is 4.98 Å². The number of nitrogens with one attached hydrogen (secondary N) is 1. The maximum Gasteiger partial charge on any atom is 0.324 e. The van der Waals surface area contributed by atoms with Gasteiger partial charge in [0.05, 0.1) is 25.2 Å². The van der Waals surface area contributed by atoms with Crippen LogP contribution in [-0.4, -0.2) is 43.4 Å². The molecule has 1 saturated heterocycles.